The minimum atomic E-state index is -1.02. The molecule has 1 heterocycles. The summed E-state index contributed by atoms with van der Waals surface area (Å²) in [5.41, 5.74) is 4.91. The molecule has 1 aliphatic rings. The first-order chi connectivity index (χ1) is 9.85. The van der Waals surface area contributed by atoms with Crippen molar-refractivity contribution in [2.24, 2.45) is 12.8 Å². The van der Waals surface area contributed by atoms with Gasteiger partial charge in [-0.3, -0.25) is 14.4 Å². The Morgan fingerprint density at radius 2 is 1.90 bits per heavy atom. The zero-order valence-electron chi connectivity index (χ0n) is 12.4. The number of primary amides is 1. The van der Waals surface area contributed by atoms with E-state index in [1.165, 1.54) is 12.3 Å². The Morgan fingerprint density at radius 1 is 1.29 bits per heavy atom. The van der Waals surface area contributed by atoms with Crippen LogP contribution in [0.5, 0.6) is 0 Å². The normalized spacial score (nSPS) is 17.2. The van der Waals surface area contributed by atoms with Gasteiger partial charge >= 0.3 is 0 Å². The van der Waals surface area contributed by atoms with Gasteiger partial charge in [0.1, 0.15) is 11.1 Å². The van der Waals surface area contributed by atoms with E-state index < -0.39 is 17.4 Å². The number of pyridine rings is 1. The third-order valence-electron chi connectivity index (χ3n) is 4.26. The second kappa shape index (κ2) is 5.71. The maximum Gasteiger partial charge on any atom is 0.257 e. The first-order valence-corrected chi connectivity index (χ1v) is 7.15. The SMILES string of the molecule is Cc1cc(=O)c(C(=O)NC2(C(N)=O)CCCCC2)cn1C. The largest absolute Gasteiger partial charge is 0.368 e. The summed E-state index contributed by atoms with van der Waals surface area (Å²) in [6.07, 6.45) is 5.26. The molecule has 21 heavy (non-hydrogen) atoms. The van der Waals surface area contributed by atoms with Gasteiger partial charge in [-0.1, -0.05) is 19.3 Å². The quantitative estimate of drug-likeness (QED) is 0.854. The van der Waals surface area contributed by atoms with Crippen molar-refractivity contribution in [3.63, 3.8) is 0 Å². The van der Waals surface area contributed by atoms with Crippen LogP contribution in [0.3, 0.4) is 0 Å². The van der Waals surface area contributed by atoms with E-state index in [-0.39, 0.29) is 11.0 Å². The number of nitrogens with zero attached hydrogens (tertiary/aromatic N) is 1. The van der Waals surface area contributed by atoms with E-state index in [0.717, 1.165) is 25.0 Å². The summed E-state index contributed by atoms with van der Waals surface area (Å²) in [4.78, 5) is 36.1. The number of nitrogens with one attached hydrogen (secondary N) is 1. The highest BCUT2D eigenvalue weighted by Crippen LogP contribution is 2.28. The Morgan fingerprint density at radius 3 is 2.48 bits per heavy atom. The fourth-order valence-electron chi connectivity index (χ4n) is 2.77. The number of aromatic nitrogens is 1. The molecule has 1 aromatic heterocycles. The third-order valence-corrected chi connectivity index (χ3v) is 4.26. The van der Waals surface area contributed by atoms with Crippen molar-refractivity contribution in [1.29, 1.82) is 0 Å². The smallest absolute Gasteiger partial charge is 0.257 e. The third kappa shape index (κ3) is 2.99. The summed E-state index contributed by atoms with van der Waals surface area (Å²) in [6, 6.07) is 1.41. The van der Waals surface area contributed by atoms with Crippen LogP contribution in [0.1, 0.15) is 48.2 Å². The van der Waals surface area contributed by atoms with Crippen LogP contribution in [0.25, 0.3) is 0 Å². The van der Waals surface area contributed by atoms with Crippen LogP contribution in [-0.4, -0.2) is 21.9 Å². The lowest BCUT2D eigenvalue weighted by Gasteiger charge is -2.35. The van der Waals surface area contributed by atoms with Crippen molar-refractivity contribution in [1.82, 2.24) is 9.88 Å². The molecule has 1 saturated carbocycles. The molecule has 1 aliphatic carbocycles. The zero-order chi connectivity index (χ0) is 15.6. The van der Waals surface area contributed by atoms with Gasteiger partial charge in [0.2, 0.25) is 5.91 Å². The maximum absolute atomic E-state index is 12.4. The number of carbonyl (C=O) groups is 2. The number of carbonyl (C=O) groups excluding carboxylic acids is 2. The van der Waals surface area contributed by atoms with Crippen LogP contribution in [0.15, 0.2) is 17.1 Å². The van der Waals surface area contributed by atoms with Crippen molar-refractivity contribution < 1.29 is 9.59 Å². The molecule has 2 rings (SSSR count). The first-order valence-electron chi connectivity index (χ1n) is 7.15. The van der Waals surface area contributed by atoms with Gasteiger partial charge in [0.25, 0.3) is 5.91 Å². The second-order valence-corrected chi connectivity index (χ2v) is 5.76. The monoisotopic (exact) mass is 291 g/mol. The minimum Gasteiger partial charge on any atom is -0.368 e. The fourth-order valence-corrected chi connectivity index (χ4v) is 2.77. The molecule has 6 heteroatoms. The van der Waals surface area contributed by atoms with Crippen LogP contribution >= 0.6 is 0 Å². The molecular weight excluding hydrogens is 270 g/mol. The van der Waals surface area contributed by atoms with E-state index in [2.05, 4.69) is 5.32 Å². The Labute approximate surface area is 123 Å². The van der Waals surface area contributed by atoms with Gasteiger partial charge in [0, 0.05) is 25.0 Å². The molecule has 0 saturated heterocycles. The zero-order valence-corrected chi connectivity index (χ0v) is 12.4. The molecule has 0 unspecified atom stereocenters. The lowest BCUT2D eigenvalue weighted by Crippen LogP contribution is -2.58. The summed E-state index contributed by atoms with van der Waals surface area (Å²) in [6.45, 7) is 1.79. The highest BCUT2D eigenvalue weighted by atomic mass is 16.2. The highest BCUT2D eigenvalue weighted by molar-refractivity contribution is 5.98. The van der Waals surface area contributed by atoms with Crippen LogP contribution in [0.2, 0.25) is 0 Å². The molecule has 0 bridgehead atoms. The molecule has 0 aliphatic heterocycles. The Bertz CT molecular complexity index is 628. The fraction of sp³-hybridized carbons (Fsp3) is 0.533. The van der Waals surface area contributed by atoms with E-state index in [9.17, 15) is 14.4 Å². The number of rotatable bonds is 3. The molecule has 114 valence electrons. The van der Waals surface area contributed by atoms with Crippen LogP contribution < -0.4 is 16.5 Å². The molecule has 0 aromatic carbocycles. The molecule has 0 spiro atoms. The van der Waals surface area contributed by atoms with E-state index >= 15 is 0 Å². The van der Waals surface area contributed by atoms with Crippen LogP contribution in [0.4, 0.5) is 0 Å². The molecular formula is C15H21N3O3. The van der Waals surface area contributed by atoms with Crippen molar-refractivity contribution in [3.8, 4) is 0 Å². The number of aryl methyl sites for hydroxylation is 2. The Balaban J connectivity index is 2.30. The van der Waals surface area contributed by atoms with Gasteiger partial charge in [-0.15, -0.1) is 0 Å². The summed E-state index contributed by atoms with van der Waals surface area (Å²) < 4.78 is 1.70. The highest BCUT2D eigenvalue weighted by Gasteiger charge is 2.39. The minimum absolute atomic E-state index is 0.0364. The number of hydrogen-bond donors (Lipinski definition) is 2. The maximum atomic E-state index is 12.4. The molecule has 6 nitrogen and oxygen atoms in total. The average molecular weight is 291 g/mol. The molecule has 1 aromatic rings. The second-order valence-electron chi connectivity index (χ2n) is 5.76. The van der Waals surface area contributed by atoms with Crippen LogP contribution in [-0.2, 0) is 11.8 Å². The number of nitrogens with two attached hydrogens (primary N) is 1. The van der Waals surface area contributed by atoms with E-state index in [1.54, 1.807) is 18.5 Å². The van der Waals surface area contributed by atoms with Gasteiger partial charge < -0.3 is 15.6 Å². The lowest BCUT2D eigenvalue weighted by molar-refractivity contribution is -0.125. The number of hydrogen-bond acceptors (Lipinski definition) is 3. The van der Waals surface area contributed by atoms with Gasteiger partial charge in [-0.05, 0) is 19.8 Å². The molecule has 1 fully saturated rings. The predicted octanol–water partition coefficient (Wildman–Crippen LogP) is 0.612. The first kappa shape index (κ1) is 15.3. The van der Waals surface area contributed by atoms with Gasteiger partial charge in [-0.25, -0.2) is 0 Å². The summed E-state index contributed by atoms with van der Waals surface area (Å²) >= 11 is 0. The molecule has 0 radical (unpaired) electrons. The van der Waals surface area contributed by atoms with E-state index in [1.807, 2.05) is 0 Å². The van der Waals surface area contributed by atoms with Crippen molar-refractivity contribution in [2.75, 3.05) is 0 Å². The van der Waals surface area contributed by atoms with E-state index in [0.29, 0.717) is 12.8 Å². The average Bonchev–Trinajstić information content (AvgIpc) is 2.43. The van der Waals surface area contributed by atoms with Crippen LogP contribution in [0, 0.1) is 6.92 Å². The lowest BCUT2D eigenvalue weighted by atomic mass is 9.81. The Hall–Kier alpha value is -2.11. The molecule has 0 atom stereocenters. The Kier molecular flexibility index (Phi) is 4.16. The van der Waals surface area contributed by atoms with Crippen molar-refractivity contribution in [2.45, 2.75) is 44.6 Å². The van der Waals surface area contributed by atoms with Gasteiger partial charge in [-0.2, -0.15) is 0 Å². The van der Waals surface area contributed by atoms with Gasteiger partial charge in [0.05, 0.1) is 0 Å². The summed E-state index contributed by atoms with van der Waals surface area (Å²) in [7, 11) is 1.76. The molecule has 2 amide bonds. The predicted molar refractivity (Wildman–Crippen MR) is 78.9 cm³/mol. The standard InChI is InChI=1S/C15H21N3O3/c1-10-8-12(19)11(9-18(10)2)13(20)17-15(14(16)21)6-4-3-5-7-15/h8-9H,3-7H2,1-2H3,(H2,16,21)(H,17,20). The summed E-state index contributed by atoms with van der Waals surface area (Å²) in [5.74, 6) is -1.06. The van der Waals surface area contributed by atoms with Crippen molar-refractivity contribution >= 4 is 11.8 Å². The summed E-state index contributed by atoms with van der Waals surface area (Å²) in [5, 5.41) is 2.71. The van der Waals surface area contributed by atoms with E-state index in [4.69, 9.17) is 5.73 Å². The van der Waals surface area contributed by atoms with Crippen molar-refractivity contribution in [3.05, 3.63) is 33.7 Å². The number of amides is 2. The van der Waals surface area contributed by atoms with Gasteiger partial charge in [0.15, 0.2) is 5.43 Å². The molecule has 3 N–H and O–H groups in total. The topological polar surface area (TPSA) is 94.2 Å².